The summed E-state index contributed by atoms with van der Waals surface area (Å²) in [5, 5.41) is 41.0. The molecule has 0 unspecified atom stereocenters. The second-order valence-corrected chi connectivity index (χ2v) is 6.95. The molecule has 11 heteroatoms. The number of rotatable bonds is 6. The van der Waals surface area contributed by atoms with Crippen LogP contribution < -0.4 is 9.47 Å². The molecule has 32 heavy (non-hydrogen) atoms. The van der Waals surface area contributed by atoms with E-state index in [0.717, 1.165) is 29.7 Å². The second-order valence-electron chi connectivity index (χ2n) is 6.95. The van der Waals surface area contributed by atoms with Crippen LogP contribution >= 0.6 is 0 Å². The van der Waals surface area contributed by atoms with E-state index in [1.165, 1.54) is 19.2 Å². The number of hydrogen-bond donors (Lipinski definition) is 2. The fourth-order valence-electron chi connectivity index (χ4n) is 3.25. The van der Waals surface area contributed by atoms with E-state index in [-0.39, 0.29) is 23.4 Å². The first-order valence-electron chi connectivity index (χ1n) is 9.26. The first-order valence-corrected chi connectivity index (χ1v) is 9.26. The molecule has 1 amide bonds. The topological polar surface area (TPSA) is 146 Å². The molecule has 0 atom stereocenters. The third kappa shape index (κ3) is 4.11. The van der Waals surface area contributed by atoms with Crippen LogP contribution in [0.1, 0.15) is 16.7 Å². The normalized spacial score (nSPS) is 12.8. The average molecular weight is 443 g/mol. The van der Waals surface area contributed by atoms with Crippen molar-refractivity contribution in [3.8, 4) is 23.3 Å². The molecule has 0 fully saturated rings. The van der Waals surface area contributed by atoms with E-state index < -0.39 is 39.4 Å². The van der Waals surface area contributed by atoms with Crippen molar-refractivity contribution in [2.45, 2.75) is 13.0 Å². The third-order valence-corrected chi connectivity index (χ3v) is 4.92. The molecule has 3 rings (SSSR count). The maximum Gasteiger partial charge on any atom is 0.315 e. The fourth-order valence-corrected chi connectivity index (χ4v) is 3.25. The molecule has 2 aromatic rings. The number of ether oxygens (including phenoxy) is 2. The van der Waals surface area contributed by atoms with E-state index in [1.807, 2.05) is 0 Å². The van der Waals surface area contributed by atoms with Gasteiger partial charge in [-0.1, -0.05) is 0 Å². The molecular weight excluding hydrogens is 425 g/mol. The van der Waals surface area contributed by atoms with Crippen LogP contribution in [0, 0.1) is 27.3 Å². The summed E-state index contributed by atoms with van der Waals surface area (Å²) in [6.07, 6.45) is 0.582. The number of phenols is 1. The molecule has 166 valence electrons. The van der Waals surface area contributed by atoms with Crippen LogP contribution in [0.5, 0.6) is 17.2 Å². The van der Waals surface area contributed by atoms with Crippen LogP contribution in [0.2, 0.25) is 0 Å². The molecule has 0 spiro atoms. The van der Waals surface area contributed by atoms with Gasteiger partial charge in [-0.2, -0.15) is 5.26 Å². The Morgan fingerprint density at radius 2 is 2.12 bits per heavy atom. The summed E-state index contributed by atoms with van der Waals surface area (Å²) in [4.78, 5) is 24.1. The smallest absolute Gasteiger partial charge is 0.315 e. The van der Waals surface area contributed by atoms with Crippen molar-refractivity contribution < 1.29 is 33.8 Å². The van der Waals surface area contributed by atoms with E-state index >= 15 is 0 Å². The highest BCUT2D eigenvalue weighted by Gasteiger charge is 2.26. The zero-order valence-corrected chi connectivity index (χ0v) is 17.1. The molecule has 10 nitrogen and oxygen atoms in total. The van der Waals surface area contributed by atoms with Crippen molar-refractivity contribution in [2.75, 3.05) is 20.8 Å². The van der Waals surface area contributed by atoms with E-state index in [2.05, 4.69) is 0 Å². The summed E-state index contributed by atoms with van der Waals surface area (Å²) in [5.74, 6) is -2.93. The lowest BCUT2D eigenvalue weighted by molar-refractivity contribution is -0.386. The van der Waals surface area contributed by atoms with Crippen LogP contribution in [-0.4, -0.2) is 46.7 Å². The molecule has 2 aromatic carbocycles. The number of aliphatic hydroxyl groups excluding tert-OH is 1. The van der Waals surface area contributed by atoms with Crippen LogP contribution in [0.25, 0.3) is 5.76 Å². The fraction of sp³-hybridized carbons (Fsp3) is 0.238. The van der Waals surface area contributed by atoms with E-state index in [9.17, 15) is 34.8 Å². The Bertz CT molecular complexity index is 1190. The van der Waals surface area contributed by atoms with Gasteiger partial charge in [0.25, 0.3) is 5.91 Å². The molecular formula is C21H18FN3O7. The van der Waals surface area contributed by atoms with E-state index in [1.54, 1.807) is 6.07 Å². The zero-order chi connectivity index (χ0) is 23.6. The number of amides is 1. The Balaban J connectivity index is 1.95. The molecule has 1 heterocycles. The predicted molar refractivity (Wildman–Crippen MR) is 109 cm³/mol. The van der Waals surface area contributed by atoms with Gasteiger partial charge in [0.1, 0.15) is 23.4 Å². The van der Waals surface area contributed by atoms with Crippen molar-refractivity contribution in [3.63, 3.8) is 0 Å². The number of carbonyl (C=O) groups is 1. The number of phenolic OH excluding ortho intramolecular Hbond substituents is 1. The van der Waals surface area contributed by atoms with Crippen molar-refractivity contribution in [1.29, 1.82) is 5.26 Å². The number of aromatic hydroxyl groups is 1. The highest BCUT2D eigenvalue weighted by atomic mass is 19.1. The molecule has 1 aliphatic heterocycles. The minimum absolute atomic E-state index is 0.153. The number of nitrogens with zero attached hydrogens (tertiary/aromatic N) is 3. The summed E-state index contributed by atoms with van der Waals surface area (Å²) in [7, 11) is 2.45. The highest BCUT2D eigenvalue weighted by Crippen LogP contribution is 2.39. The Labute approximate surface area is 181 Å². The third-order valence-electron chi connectivity index (χ3n) is 4.92. The Kier molecular flexibility index (Phi) is 6.15. The molecule has 0 saturated heterocycles. The maximum atomic E-state index is 14.4. The predicted octanol–water partition coefficient (Wildman–Crippen LogP) is 2.83. The van der Waals surface area contributed by atoms with Crippen LogP contribution in [0.3, 0.4) is 0 Å². The summed E-state index contributed by atoms with van der Waals surface area (Å²) < 4.78 is 24.7. The minimum atomic E-state index is -0.944. The Morgan fingerprint density at radius 3 is 2.75 bits per heavy atom. The molecule has 0 saturated carbocycles. The number of hydrogen-bond acceptors (Lipinski definition) is 8. The summed E-state index contributed by atoms with van der Waals surface area (Å²) in [6, 6.07) is 6.22. The number of nitriles is 1. The number of aliphatic hydroxyl groups is 1. The molecule has 0 aromatic heterocycles. The number of nitro benzene ring substituents is 1. The van der Waals surface area contributed by atoms with Gasteiger partial charge in [0.2, 0.25) is 5.75 Å². The molecule has 0 radical (unpaired) electrons. The highest BCUT2D eigenvalue weighted by molar-refractivity contribution is 6.03. The zero-order valence-electron chi connectivity index (χ0n) is 17.1. The number of fused-ring (bicyclic) bond motifs is 1. The van der Waals surface area contributed by atoms with Crippen molar-refractivity contribution in [2.24, 2.45) is 0 Å². The van der Waals surface area contributed by atoms with Gasteiger partial charge in [0, 0.05) is 42.8 Å². The van der Waals surface area contributed by atoms with Crippen LogP contribution in [-0.2, 0) is 17.8 Å². The number of halogens is 1. The molecule has 1 aliphatic rings. The van der Waals surface area contributed by atoms with Crippen LogP contribution in [0.15, 0.2) is 29.8 Å². The standard InChI is InChI=1S/C21H18FN3O7/c1-24(10-13-8-17-11(3-4-32-17)5-15(13)22)21(28)14(9-23)19(26)12-6-16(25(29)30)20(27)18(7-12)31-2/h5-8,26-27H,3-4,10H2,1-2H3/b19-14-. The Hall–Kier alpha value is -4.33. The maximum absolute atomic E-state index is 14.4. The van der Waals surface area contributed by atoms with E-state index in [4.69, 9.17) is 9.47 Å². The minimum Gasteiger partial charge on any atom is -0.506 e. The van der Waals surface area contributed by atoms with Gasteiger partial charge < -0.3 is 24.6 Å². The van der Waals surface area contributed by atoms with Gasteiger partial charge in [-0.15, -0.1) is 0 Å². The molecule has 0 aliphatic carbocycles. The largest absolute Gasteiger partial charge is 0.506 e. The van der Waals surface area contributed by atoms with Gasteiger partial charge in [0.15, 0.2) is 11.3 Å². The number of carbonyl (C=O) groups excluding carboxylic acids is 1. The molecule has 0 bridgehead atoms. The Morgan fingerprint density at radius 1 is 1.41 bits per heavy atom. The van der Waals surface area contributed by atoms with Crippen molar-refractivity contribution in [3.05, 3.63) is 62.5 Å². The van der Waals surface area contributed by atoms with Crippen molar-refractivity contribution >= 4 is 17.4 Å². The summed E-state index contributed by atoms with van der Waals surface area (Å²) in [5.41, 5.74) is -0.933. The number of benzene rings is 2. The first-order chi connectivity index (χ1) is 15.2. The van der Waals surface area contributed by atoms with Gasteiger partial charge in [-0.05, 0) is 18.2 Å². The van der Waals surface area contributed by atoms with E-state index in [0.29, 0.717) is 18.8 Å². The first kappa shape index (κ1) is 22.4. The second kappa shape index (κ2) is 8.81. The lowest BCUT2D eigenvalue weighted by atomic mass is 10.1. The number of methoxy groups -OCH3 is 1. The van der Waals surface area contributed by atoms with Gasteiger partial charge >= 0.3 is 5.69 Å². The number of likely N-dealkylation sites (N-methyl/N-ethyl adjacent to an activating group) is 1. The van der Waals surface area contributed by atoms with Crippen molar-refractivity contribution in [1.82, 2.24) is 4.90 Å². The summed E-state index contributed by atoms with van der Waals surface area (Å²) >= 11 is 0. The number of nitro groups is 1. The van der Waals surface area contributed by atoms with Gasteiger partial charge in [-0.3, -0.25) is 14.9 Å². The van der Waals surface area contributed by atoms with Gasteiger partial charge in [-0.25, -0.2) is 4.39 Å². The van der Waals surface area contributed by atoms with Crippen LogP contribution in [0.4, 0.5) is 10.1 Å². The monoisotopic (exact) mass is 443 g/mol. The quantitative estimate of drug-likeness (QED) is 0.228. The molecule has 2 N–H and O–H groups in total. The van der Waals surface area contributed by atoms with Gasteiger partial charge in [0.05, 0.1) is 18.6 Å². The average Bonchev–Trinajstić information content (AvgIpc) is 3.21. The summed E-state index contributed by atoms with van der Waals surface area (Å²) in [6.45, 7) is 0.212. The SMILES string of the molecule is COc1cc(/C(O)=C(\C#N)C(=O)N(C)Cc2cc3c(cc2F)CCO3)cc([N+](=O)[O-])c1O. The lowest BCUT2D eigenvalue weighted by Gasteiger charge is -2.18. The lowest BCUT2D eigenvalue weighted by Crippen LogP contribution is -2.28.